The van der Waals surface area contributed by atoms with E-state index >= 15 is 0 Å². The molecule has 0 atom stereocenters. The van der Waals surface area contributed by atoms with Crippen LogP contribution in [0.25, 0.3) is 10.4 Å². The lowest BCUT2D eigenvalue weighted by Crippen LogP contribution is -2.40. The Morgan fingerprint density at radius 3 is 2.57 bits per heavy atom. The van der Waals surface area contributed by atoms with Crippen LogP contribution in [0.3, 0.4) is 0 Å². The van der Waals surface area contributed by atoms with Crippen molar-refractivity contribution in [3.63, 3.8) is 0 Å². The Hall–Kier alpha value is -1.77. The Morgan fingerprint density at radius 2 is 1.96 bits per heavy atom. The number of thiophene rings is 1. The number of carboxylic acids is 1. The van der Waals surface area contributed by atoms with Gasteiger partial charge in [0.25, 0.3) is 0 Å². The van der Waals surface area contributed by atoms with Crippen molar-refractivity contribution in [1.82, 2.24) is 4.90 Å². The van der Waals surface area contributed by atoms with E-state index in [0.717, 1.165) is 26.2 Å². The maximum atomic E-state index is 11.1. The molecule has 3 rings (SSSR count). The monoisotopic (exact) mass is 480 g/mol. The van der Waals surface area contributed by atoms with Gasteiger partial charge < -0.3 is 15.1 Å². The molecule has 8 heteroatoms. The Kier molecular flexibility index (Phi) is 6.85. The minimum absolute atomic E-state index is 0.238. The molecule has 1 saturated heterocycles. The lowest BCUT2D eigenvalue weighted by molar-refractivity contribution is -0.143. The van der Waals surface area contributed by atoms with Gasteiger partial charge in [-0.05, 0) is 37.5 Å². The summed E-state index contributed by atoms with van der Waals surface area (Å²) in [6, 6.07) is 7.81. The third kappa shape index (κ3) is 4.79. The van der Waals surface area contributed by atoms with Gasteiger partial charge in [0.15, 0.2) is 0 Å². The molecule has 2 N–H and O–H groups in total. The summed E-state index contributed by atoms with van der Waals surface area (Å²) < 4.78 is 0.992. The van der Waals surface area contributed by atoms with E-state index in [1.807, 2.05) is 41.5 Å². The van der Waals surface area contributed by atoms with Gasteiger partial charge in [-0.25, -0.2) is 0 Å². The third-order valence-corrected chi connectivity index (χ3v) is 6.84. The summed E-state index contributed by atoms with van der Waals surface area (Å²) in [6.45, 7) is 3.54. The molecular formula is C20H21BrN2O3S2. The van der Waals surface area contributed by atoms with Gasteiger partial charge in [-0.15, -0.1) is 11.3 Å². The smallest absolute Gasteiger partial charge is 0.306 e. The summed E-state index contributed by atoms with van der Waals surface area (Å²) in [7, 11) is 0. The molecule has 0 unspecified atom stereocenters. The third-order valence-electron chi connectivity index (χ3n) is 4.91. The molecule has 5 nitrogen and oxygen atoms in total. The van der Waals surface area contributed by atoms with Crippen LogP contribution in [-0.2, 0) is 4.79 Å². The van der Waals surface area contributed by atoms with Gasteiger partial charge in [0.05, 0.1) is 22.3 Å². The van der Waals surface area contributed by atoms with Crippen molar-refractivity contribution in [3.8, 4) is 16.2 Å². The molecule has 0 amide bonds. The van der Waals surface area contributed by atoms with Crippen LogP contribution >= 0.6 is 39.5 Å². The van der Waals surface area contributed by atoms with Gasteiger partial charge in [0.1, 0.15) is 5.75 Å². The number of aliphatic imine (C=N–C) groups is 1. The van der Waals surface area contributed by atoms with E-state index in [9.17, 15) is 9.90 Å². The fourth-order valence-corrected chi connectivity index (χ4v) is 4.68. The van der Waals surface area contributed by atoms with Crippen molar-refractivity contribution in [2.24, 2.45) is 10.9 Å². The van der Waals surface area contributed by atoms with Crippen molar-refractivity contribution in [1.29, 1.82) is 0 Å². The summed E-state index contributed by atoms with van der Waals surface area (Å²) in [5.74, 6) is -0.764. The number of carboxylic acid groups (broad SMARTS) is 1. The molecule has 1 aliphatic heterocycles. The van der Waals surface area contributed by atoms with Crippen LogP contribution in [0.1, 0.15) is 25.3 Å². The highest BCUT2D eigenvalue weighted by Crippen LogP contribution is 2.39. The van der Waals surface area contributed by atoms with Gasteiger partial charge in [-0.1, -0.05) is 40.3 Å². The Bertz CT molecular complexity index is 901. The highest BCUT2D eigenvalue weighted by Gasteiger charge is 2.25. The first-order chi connectivity index (χ1) is 13.4. The number of piperidine rings is 1. The fraction of sp³-hybridized carbons (Fsp3) is 0.350. The van der Waals surface area contributed by atoms with Gasteiger partial charge >= 0.3 is 5.97 Å². The molecule has 1 fully saturated rings. The number of thiocarbonyl (C=S) groups is 1. The zero-order valence-corrected chi connectivity index (χ0v) is 18.6. The van der Waals surface area contributed by atoms with Crippen molar-refractivity contribution < 1.29 is 15.0 Å². The van der Waals surface area contributed by atoms with Crippen LogP contribution in [0.5, 0.6) is 5.75 Å². The average molecular weight is 481 g/mol. The molecule has 0 spiro atoms. The number of hydrogen-bond donors (Lipinski definition) is 2. The normalized spacial score (nSPS) is 15.6. The Labute approximate surface area is 181 Å². The number of rotatable bonds is 5. The molecule has 2 heterocycles. The first kappa shape index (κ1) is 21.0. The highest BCUT2D eigenvalue weighted by atomic mass is 79.9. The molecule has 0 saturated carbocycles. The van der Waals surface area contributed by atoms with E-state index in [0.29, 0.717) is 37.5 Å². The summed E-state index contributed by atoms with van der Waals surface area (Å²) in [5, 5.41) is 21.6. The first-order valence-electron chi connectivity index (χ1n) is 8.95. The molecule has 1 aromatic carbocycles. The standard InChI is InChI=1S/C20H21BrN2O3S2/c1-12(22-10-17(27)23-8-6-14(7-9-23)20(25)26)16-11-28-19(18(16)24)13-2-4-15(21)5-3-13/h2-5,11,14,24H,6-10H2,1H3,(H,25,26). The summed E-state index contributed by atoms with van der Waals surface area (Å²) in [5.41, 5.74) is 2.41. The molecule has 0 bridgehead atoms. The van der Waals surface area contributed by atoms with Crippen molar-refractivity contribution >= 4 is 56.2 Å². The van der Waals surface area contributed by atoms with Crippen LogP contribution in [0, 0.1) is 5.92 Å². The topological polar surface area (TPSA) is 73.1 Å². The molecule has 0 radical (unpaired) electrons. The van der Waals surface area contributed by atoms with Crippen LogP contribution < -0.4 is 0 Å². The molecule has 2 aromatic rings. The zero-order valence-electron chi connectivity index (χ0n) is 15.4. The van der Waals surface area contributed by atoms with Crippen LogP contribution in [-0.4, -0.2) is 51.4 Å². The van der Waals surface area contributed by atoms with E-state index in [1.54, 1.807) is 0 Å². The van der Waals surface area contributed by atoms with Crippen LogP contribution in [0.2, 0.25) is 0 Å². The van der Waals surface area contributed by atoms with Gasteiger partial charge in [0, 0.05) is 34.2 Å². The lowest BCUT2D eigenvalue weighted by Gasteiger charge is -2.31. The van der Waals surface area contributed by atoms with E-state index in [1.165, 1.54) is 11.3 Å². The van der Waals surface area contributed by atoms with Crippen molar-refractivity contribution in [2.45, 2.75) is 19.8 Å². The quantitative estimate of drug-likeness (QED) is 0.474. The largest absolute Gasteiger partial charge is 0.506 e. The molecule has 0 aliphatic carbocycles. The zero-order chi connectivity index (χ0) is 20.3. The molecule has 148 valence electrons. The number of hydrogen-bond acceptors (Lipinski definition) is 5. The van der Waals surface area contributed by atoms with Gasteiger partial charge in [0.2, 0.25) is 0 Å². The molecule has 1 aromatic heterocycles. The van der Waals surface area contributed by atoms with Crippen molar-refractivity contribution in [3.05, 3.63) is 39.7 Å². The molecular weight excluding hydrogens is 460 g/mol. The second-order valence-electron chi connectivity index (χ2n) is 6.73. The second-order valence-corrected chi connectivity index (χ2v) is 9.00. The van der Waals surface area contributed by atoms with E-state index in [4.69, 9.17) is 17.3 Å². The average Bonchev–Trinajstić information content (AvgIpc) is 3.08. The first-order valence-corrected chi connectivity index (χ1v) is 11.0. The van der Waals surface area contributed by atoms with Crippen LogP contribution in [0.15, 0.2) is 39.1 Å². The van der Waals surface area contributed by atoms with Gasteiger partial charge in [-0.2, -0.15) is 0 Å². The van der Waals surface area contributed by atoms with E-state index < -0.39 is 5.97 Å². The fourth-order valence-electron chi connectivity index (χ4n) is 3.16. The number of nitrogens with zero attached hydrogens (tertiary/aromatic N) is 2. The highest BCUT2D eigenvalue weighted by molar-refractivity contribution is 9.10. The summed E-state index contributed by atoms with van der Waals surface area (Å²) >= 11 is 10.4. The number of aromatic hydroxyl groups is 1. The van der Waals surface area contributed by atoms with Crippen LogP contribution in [0.4, 0.5) is 0 Å². The number of likely N-dealkylation sites (tertiary alicyclic amines) is 1. The molecule has 28 heavy (non-hydrogen) atoms. The summed E-state index contributed by atoms with van der Waals surface area (Å²) in [6.07, 6.45) is 1.22. The number of benzene rings is 1. The number of halogens is 1. The maximum Gasteiger partial charge on any atom is 0.306 e. The second kappa shape index (κ2) is 9.15. The summed E-state index contributed by atoms with van der Waals surface area (Å²) in [4.78, 5) is 19.2. The minimum Gasteiger partial charge on any atom is -0.506 e. The van der Waals surface area contributed by atoms with E-state index in [-0.39, 0.29) is 11.7 Å². The minimum atomic E-state index is -0.728. The SMILES string of the molecule is CC(=NCC(=S)N1CCC(C(=O)O)CC1)c1csc(-c2ccc(Br)cc2)c1O. The Balaban J connectivity index is 1.65. The lowest BCUT2D eigenvalue weighted by atomic mass is 9.97. The number of carbonyl (C=O) groups is 1. The Morgan fingerprint density at radius 1 is 1.32 bits per heavy atom. The maximum absolute atomic E-state index is 11.1. The van der Waals surface area contributed by atoms with Gasteiger partial charge in [-0.3, -0.25) is 9.79 Å². The van der Waals surface area contributed by atoms with E-state index in [2.05, 4.69) is 20.9 Å². The number of aliphatic carboxylic acids is 1. The predicted molar refractivity (Wildman–Crippen MR) is 121 cm³/mol. The predicted octanol–water partition coefficient (Wildman–Crippen LogP) is 4.82. The van der Waals surface area contributed by atoms with Crippen molar-refractivity contribution in [2.75, 3.05) is 19.6 Å². The molecule has 1 aliphatic rings.